The molecule has 0 atom stereocenters. The number of nitrogens with zero attached hydrogens (tertiary/aromatic N) is 6. The van der Waals surface area contributed by atoms with Crippen molar-refractivity contribution in [3.8, 4) is 17.2 Å². The molecule has 0 amide bonds. The molecule has 0 heterocycles. The Labute approximate surface area is 562 Å². The minimum atomic E-state index is -5.80. The van der Waals surface area contributed by atoms with Gasteiger partial charge >= 0.3 is 177 Å². The van der Waals surface area contributed by atoms with Crippen LogP contribution in [0.5, 0.6) is 17.2 Å². The summed E-state index contributed by atoms with van der Waals surface area (Å²) in [5, 5.41) is 57.5. The third-order valence-electron chi connectivity index (χ3n) is 9.60. The molecule has 7 aromatic rings. The van der Waals surface area contributed by atoms with Gasteiger partial charge in [0.15, 0.2) is 0 Å². The summed E-state index contributed by atoms with van der Waals surface area (Å²) in [5.74, 6) is -4.07. The molecular weight excluding hydrogens is 1200 g/mol. The van der Waals surface area contributed by atoms with Crippen molar-refractivity contribution < 1.29 is 270 Å². The van der Waals surface area contributed by atoms with E-state index in [1.165, 1.54) is 6.07 Å². The van der Waals surface area contributed by atoms with Crippen LogP contribution in [0.15, 0.2) is 145 Å². The van der Waals surface area contributed by atoms with Gasteiger partial charge in [0.25, 0.3) is 30.4 Å². The first-order valence-corrected chi connectivity index (χ1v) is 26.5. The van der Waals surface area contributed by atoms with E-state index in [9.17, 15) is 93.1 Å². The Morgan fingerprint density at radius 3 is 1.45 bits per heavy atom. The second-order valence-corrected chi connectivity index (χ2v) is 22.2. The fourth-order valence-corrected chi connectivity index (χ4v) is 10.6. The molecule has 0 aliphatic rings. The van der Waals surface area contributed by atoms with Gasteiger partial charge in [-0.2, -0.15) is 30.4 Å². The molecule has 0 fully saturated rings. The molecule has 0 spiro atoms. The van der Waals surface area contributed by atoms with Crippen LogP contribution >= 0.6 is 0 Å². The zero-order valence-corrected chi connectivity index (χ0v) is 56.4. The number of benzene rings is 7. The van der Waals surface area contributed by atoms with Gasteiger partial charge < -0.3 is 34.7 Å². The smallest absolute Gasteiger partial charge is 0.872 e. The van der Waals surface area contributed by atoms with Crippen LogP contribution in [-0.4, -0.2) is 77.8 Å². The Kier molecular flexibility index (Phi) is 25.7. The maximum atomic E-state index is 14.1. The van der Waals surface area contributed by atoms with E-state index in [-0.39, 0.29) is 188 Å². The van der Waals surface area contributed by atoms with Crippen molar-refractivity contribution in [2.24, 2.45) is 30.7 Å². The van der Waals surface area contributed by atoms with E-state index in [0.29, 0.717) is 36.4 Å². The van der Waals surface area contributed by atoms with Crippen LogP contribution in [0.4, 0.5) is 39.8 Å². The molecule has 0 saturated carbocycles. The van der Waals surface area contributed by atoms with E-state index in [1.54, 1.807) is 0 Å². The Bertz CT molecular complexity index is 4310. The average Bonchev–Trinajstić information content (AvgIpc) is 3.22. The summed E-state index contributed by atoms with van der Waals surface area (Å²) < 4.78 is 213. The van der Waals surface area contributed by atoms with Crippen LogP contribution in [0.1, 0.15) is 0 Å². The van der Waals surface area contributed by atoms with Crippen LogP contribution in [-0.2, 0) is 60.7 Å². The van der Waals surface area contributed by atoms with Crippen molar-refractivity contribution in [1.29, 1.82) is 0 Å². The van der Waals surface area contributed by atoms with Gasteiger partial charge in [-0.25, -0.2) is 25.3 Å². The molecule has 7 aromatic carbocycles. The Morgan fingerprint density at radius 1 is 0.421 bits per heavy atom. The summed E-state index contributed by atoms with van der Waals surface area (Å²) >= 11 is 0. The Hall–Kier alpha value is -1.22. The van der Waals surface area contributed by atoms with E-state index < -0.39 is 169 Å². The zero-order chi connectivity index (χ0) is 51.8. The maximum absolute atomic E-state index is 14.1. The molecule has 0 aliphatic carbocycles. The van der Waals surface area contributed by atoms with Crippen LogP contribution in [0, 0.1) is 0 Å². The molecule has 0 bridgehead atoms. The third-order valence-corrected chi connectivity index (χ3v) is 14.8. The summed E-state index contributed by atoms with van der Waals surface area (Å²) in [6.07, 6.45) is 0. The molecular formula is C36H19N7Na6O21S6. The van der Waals surface area contributed by atoms with Crippen molar-refractivity contribution in [3.63, 3.8) is 0 Å². The second-order valence-electron chi connectivity index (χ2n) is 14.0. The van der Waals surface area contributed by atoms with Crippen LogP contribution in [0.2, 0.25) is 0 Å². The Morgan fingerprint density at radius 2 is 0.908 bits per heavy atom. The van der Waals surface area contributed by atoms with Gasteiger partial charge in [0.2, 0.25) is 0 Å². The zero-order valence-electron chi connectivity index (χ0n) is 39.5. The number of azo groups is 3. The van der Waals surface area contributed by atoms with E-state index in [4.69, 9.17) is 5.73 Å². The summed E-state index contributed by atoms with van der Waals surface area (Å²) in [6, 6.07) is 10.7. The molecule has 7 rings (SSSR count). The van der Waals surface area contributed by atoms with Crippen LogP contribution in [0.3, 0.4) is 0 Å². The molecule has 76 heavy (non-hydrogen) atoms. The number of hydrogen-bond donors (Lipinski definition) is 4. The van der Waals surface area contributed by atoms with Gasteiger partial charge in [-0.15, -0.1) is 25.6 Å². The number of fused-ring (bicyclic) bond motifs is 3. The number of nitrogen functional groups attached to an aromatic ring is 1. The van der Waals surface area contributed by atoms with Crippen molar-refractivity contribution in [3.05, 3.63) is 84.9 Å². The molecule has 40 heteroatoms. The molecule has 0 radical (unpaired) electrons. The van der Waals surface area contributed by atoms with Gasteiger partial charge in [0, 0.05) is 10.8 Å². The summed E-state index contributed by atoms with van der Waals surface area (Å²) in [4.78, 5) is -7.57. The summed E-state index contributed by atoms with van der Waals surface area (Å²) in [5.41, 5.74) is -0.634. The van der Waals surface area contributed by atoms with Gasteiger partial charge in [0.1, 0.15) is 62.1 Å². The predicted octanol–water partition coefficient (Wildman–Crippen LogP) is -14.3. The number of nitrogens with two attached hydrogens (primary N) is 1. The number of rotatable bonds is 12. The molecule has 28 nitrogen and oxygen atoms in total. The fourth-order valence-electron chi connectivity index (χ4n) is 6.66. The molecule has 0 unspecified atom stereocenters. The second kappa shape index (κ2) is 26.8. The molecule has 0 saturated heterocycles. The first kappa shape index (κ1) is 72.8. The normalized spacial score (nSPS) is 12.4. The molecule has 0 aromatic heterocycles. The fraction of sp³-hybridized carbons (Fsp3) is 0. The van der Waals surface area contributed by atoms with E-state index in [0.717, 1.165) is 42.5 Å². The van der Waals surface area contributed by atoms with E-state index in [1.807, 2.05) is 0 Å². The molecule has 0 aliphatic heterocycles. The van der Waals surface area contributed by atoms with Gasteiger partial charge in [-0.1, -0.05) is 47.6 Å². The first-order chi connectivity index (χ1) is 32.2. The monoisotopic (exact) mass is 1210 g/mol. The van der Waals surface area contributed by atoms with Crippen LogP contribution < -0.4 is 198 Å². The van der Waals surface area contributed by atoms with Crippen LogP contribution in [0.25, 0.3) is 32.3 Å². The number of hydrogen-bond acceptors (Lipinski definition) is 25. The third kappa shape index (κ3) is 15.7. The van der Waals surface area contributed by atoms with Crippen molar-refractivity contribution >= 4 is 133 Å². The van der Waals surface area contributed by atoms with Crippen molar-refractivity contribution in [2.75, 3.05) is 5.73 Å². The van der Waals surface area contributed by atoms with Crippen molar-refractivity contribution in [1.82, 2.24) is 0 Å². The van der Waals surface area contributed by atoms with Crippen molar-refractivity contribution in [2.45, 2.75) is 29.4 Å². The first-order valence-electron chi connectivity index (χ1n) is 18.0. The largest absolute Gasteiger partial charge is 1.00 e. The molecule has 366 valence electrons. The minimum Gasteiger partial charge on any atom is -0.872 e. The van der Waals surface area contributed by atoms with Gasteiger partial charge in [-0.3, -0.25) is 13.7 Å². The number of anilines is 1. The van der Waals surface area contributed by atoms with Gasteiger partial charge in [-0.05, 0) is 76.1 Å². The summed E-state index contributed by atoms with van der Waals surface area (Å²) in [6.45, 7) is 0. The topological polar surface area (TPSA) is 504 Å². The predicted molar refractivity (Wildman–Crippen MR) is 227 cm³/mol. The Balaban J connectivity index is 0.00000481. The SMILES string of the molecule is Nc1c(N=Nc2ccc3c([O-])cc(S(=O)(=O)[O-])cc3c2S(=O)(=O)O)c(S(=O)(=O)[O-])cc2cc(S(=O)(=O)O)c(N=Nc3ccc4c([O-])c(N=Nc5ccccc5S(=O)(=O)[O-])c(S(=O)(=O)O)cc4c3)c([O-])c12.[Na+].[Na+].[Na+].[Na+].[Na+].[Na+]. The summed E-state index contributed by atoms with van der Waals surface area (Å²) in [7, 11) is -32.9. The van der Waals surface area contributed by atoms with E-state index >= 15 is 0 Å². The quantitative estimate of drug-likeness (QED) is 0.0382. The standard InChI is InChI=1S/C36H25N7O21S6.6Na/c37-30-29-16(11-26(67(53,54)55)31(30)41-40-23-8-7-20-21(36(23)70(62,63)64)13-18(14-24(20)44)65(47,48)49)12-28(69(59,60)61)33(35(29)46)42-38-17-5-6-19-15(9-17)10-27(68(56,57)58)32(34(19)45)43-39-22-3-1-2-4-25(22)66(50,51)52;;;;;;/h1-14,44-46H,37H2,(H,47,48,49)(H,50,51,52)(H,53,54,55)(H,56,57,58)(H,59,60,61)(H,62,63,64);;;;;;/q;6*+1/p-6. The maximum Gasteiger partial charge on any atom is 1.00 e. The van der Waals surface area contributed by atoms with Gasteiger partial charge in [0.05, 0.1) is 37.4 Å². The van der Waals surface area contributed by atoms with E-state index in [2.05, 4.69) is 30.7 Å². The molecule has 5 N–H and O–H groups in total. The average molecular weight is 1220 g/mol. The minimum absolute atomic E-state index is 0.